The number of hydrogen-bond donors (Lipinski definition) is 0. The molecule has 1 unspecified atom stereocenters. The topological polar surface area (TPSA) is 125 Å². The van der Waals surface area contributed by atoms with Crippen molar-refractivity contribution in [2.24, 2.45) is 5.92 Å². The fourth-order valence-corrected chi connectivity index (χ4v) is 1.28. The Hall–Kier alpha value is -3.21. The highest BCUT2D eigenvalue weighted by Gasteiger charge is 2.50. The van der Waals surface area contributed by atoms with Crippen LogP contribution in [0.15, 0.2) is 12.3 Å². The first kappa shape index (κ1) is 10.9. The van der Waals surface area contributed by atoms with Crippen LogP contribution >= 0.6 is 0 Å². The van der Waals surface area contributed by atoms with Crippen molar-refractivity contribution in [2.45, 2.75) is 5.54 Å². The first-order valence-electron chi connectivity index (χ1n) is 3.99. The lowest BCUT2D eigenvalue weighted by Gasteiger charge is -2.36. The first-order valence-corrected chi connectivity index (χ1v) is 3.99. The molecule has 0 radical (unpaired) electrons. The van der Waals surface area contributed by atoms with E-state index in [1.807, 2.05) is 0 Å². The van der Waals surface area contributed by atoms with E-state index in [0.717, 1.165) is 5.01 Å². The van der Waals surface area contributed by atoms with Crippen LogP contribution in [0.25, 0.3) is 0 Å². The zero-order valence-electron chi connectivity index (χ0n) is 7.86. The van der Waals surface area contributed by atoms with E-state index in [0.29, 0.717) is 5.01 Å². The lowest BCUT2D eigenvalue weighted by Crippen LogP contribution is -2.56. The van der Waals surface area contributed by atoms with Crippen LogP contribution in [-0.4, -0.2) is 15.6 Å². The summed E-state index contributed by atoms with van der Waals surface area (Å²) in [5, 5.41) is 45.6. The Bertz CT molecular complexity index is 513. The fourth-order valence-electron chi connectivity index (χ4n) is 1.28. The monoisotopic (exact) mass is 209 g/mol. The molecule has 1 aliphatic rings. The Morgan fingerprint density at radius 2 is 1.62 bits per heavy atom. The van der Waals surface area contributed by atoms with Gasteiger partial charge >= 0.3 is 0 Å². The van der Waals surface area contributed by atoms with Crippen molar-refractivity contribution in [1.82, 2.24) is 10.0 Å². The van der Waals surface area contributed by atoms with E-state index in [-0.39, 0.29) is 0 Å². The molecule has 0 aliphatic carbocycles. The molecule has 0 amide bonds. The van der Waals surface area contributed by atoms with Crippen LogP contribution in [0.5, 0.6) is 0 Å². The first-order chi connectivity index (χ1) is 7.69. The minimum Gasteiger partial charge on any atom is -0.198 e. The largest absolute Gasteiger partial charge is 0.262 e. The van der Waals surface area contributed by atoms with Gasteiger partial charge in [-0.05, 0) is 6.08 Å². The van der Waals surface area contributed by atoms with Crippen molar-refractivity contribution in [1.29, 1.82) is 26.3 Å². The lowest BCUT2D eigenvalue weighted by molar-refractivity contribution is 0.0581. The molecule has 0 bridgehead atoms. The number of rotatable bonds is 0. The lowest BCUT2D eigenvalue weighted by atomic mass is 9.85. The van der Waals surface area contributed by atoms with Crippen molar-refractivity contribution in [3.63, 3.8) is 0 Å². The molecule has 0 spiro atoms. The predicted octanol–water partition coefficient (Wildman–Crippen LogP) is -0.0794. The third-order valence-corrected chi connectivity index (χ3v) is 2.10. The maximum atomic E-state index is 8.97. The molecule has 1 heterocycles. The van der Waals surface area contributed by atoms with Crippen molar-refractivity contribution in [3.8, 4) is 30.6 Å². The van der Waals surface area contributed by atoms with E-state index < -0.39 is 11.5 Å². The van der Waals surface area contributed by atoms with Gasteiger partial charge in [0.1, 0.15) is 18.1 Å². The molecule has 7 nitrogen and oxygen atoms in total. The molecule has 16 heavy (non-hydrogen) atoms. The highest BCUT2D eigenvalue weighted by molar-refractivity contribution is 5.36. The molecule has 74 valence electrons. The summed E-state index contributed by atoms with van der Waals surface area (Å²) in [6.45, 7) is 0. The number of nitriles is 5. The van der Waals surface area contributed by atoms with Gasteiger partial charge in [-0.2, -0.15) is 36.3 Å². The second-order valence-corrected chi connectivity index (χ2v) is 2.79. The summed E-state index contributed by atoms with van der Waals surface area (Å²) in [7, 11) is 0. The third-order valence-electron chi connectivity index (χ3n) is 2.10. The van der Waals surface area contributed by atoms with E-state index in [9.17, 15) is 0 Å². The fraction of sp³-hybridized carbons (Fsp3) is 0.222. The molecule has 0 N–H and O–H groups in total. The van der Waals surface area contributed by atoms with Crippen LogP contribution in [0.1, 0.15) is 0 Å². The Morgan fingerprint density at radius 1 is 1.00 bits per heavy atom. The van der Waals surface area contributed by atoms with Gasteiger partial charge in [0.25, 0.3) is 5.54 Å². The normalized spacial score (nSPS) is 20.8. The standard InChI is InChI=1S/C9H3N7/c10-3-8-1-2-15(6-13)16(7-14)9(8,4-11)5-12/h1-2,8H. The van der Waals surface area contributed by atoms with Crippen LogP contribution in [0, 0.1) is 62.8 Å². The Balaban J connectivity index is 3.45. The quantitative estimate of drug-likeness (QED) is 0.510. The summed E-state index contributed by atoms with van der Waals surface area (Å²) in [5.41, 5.74) is -1.99. The molecule has 1 rings (SSSR count). The second kappa shape index (κ2) is 3.89. The summed E-state index contributed by atoms with van der Waals surface area (Å²) in [4.78, 5) is 0. The van der Waals surface area contributed by atoms with Crippen LogP contribution in [0.4, 0.5) is 0 Å². The van der Waals surface area contributed by atoms with Gasteiger partial charge in [-0.1, -0.05) is 0 Å². The molecule has 0 fully saturated rings. The van der Waals surface area contributed by atoms with E-state index >= 15 is 0 Å². The summed E-state index contributed by atoms with van der Waals surface area (Å²) in [6, 6.07) is 4.96. The second-order valence-electron chi connectivity index (χ2n) is 2.79. The molecule has 0 saturated heterocycles. The maximum absolute atomic E-state index is 8.97. The van der Waals surface area contributed by atoms with Crippen molar-refractivity contribution in [3.05, 3.63) is 12.3 Å². The average molecular weight is 209 g/mol. The van der Waals surface area contributed by atoms with E-state index in [2.05, 4.69) is 0 Å². The predicted molar refractivity (Wildman–Crippen MR) is 47.1 cm³/mol. The SMILES string of the molecule is N#CC1C=CN(C#N)N(C#N)C1(C#N)C#N. The molecular weight excluding hydrogens is 206 g/mol. The zero-order valence-corrected chi connectivity index (χ0v) is 7.86. The minimum absolute atomic E-state index is 0.584. The van der Waals surface area contributed by atoms with Crippen LogP contribution in [0.2, 0.25) is 0 Å². The molecular formula is C9H3N7. The number of nitrogens with zero attached hydrogens (tertiary/aromatic N) is 7. The van der Waals surface area contributed by atoms with Crippen molar-refractivity contribution in [2.75, 3.05) is 0 Å². The van der Waals surface area contributed by atoms with Crippen LogP contribution in [0.3, 0.4) is 0 Å². The molecule has 1 aliphatic heterocycles. The molecule has 0 saturated carbocycles. The van der Waals surface area contributed by atoms with Gasteiger partial charge in [0.05, 0.1) is 6.07 Å². The smallest absolute Gasteiger partial charge is 0.198 e. The van der Waals surface area contributed by atoms with Crippen molar-refractivity contribution >= 4 is 0 Å². The molecule has 7 heteroatoms. The van der Waals surface area contributed by atoms with E-state index in [4.69, 9.17) is 26.3 Å². The highest BCUT2D eigenvalue weighted by atomic mass is 15.6. The van der Waals surface area contributed by atoms with Gasteiger partial charge in [-0.15, -0.1) is 0 Å². The molecule has 0 aromatic carbocycles. The summed E-state index contributed by atoms with van der Waals surface area (Å²) in [5.74, 6) is -1.09. The van der Waals surface area contributed by atoms with Gasteiger partial charge in [-0.25, -0.2) is 0 Å². The highest BCUT2D eigenvalue weighted by Crippen LogP contribution is 2.30. The van der Waals surface area contributed by atoms with E-state index in [1.165, 1.54) is 12.3 Å². The molecule has 0 aromatic rings. The van der Waals surface area contributed by atoms with Gasteiger partial charge in [0, 0.05) is 6.20 Å². The Kier molecular flexibility index (Phi) is 2.64. The summed E-state index contributed by atoms with van der Waals surface area (Å²) in [6.07, 6.45) is 5.57. The van der Waals surface area contributed by atoms with Gasteiger partial charge in [0.15, 0.2) is 0 Å². The van der Waals surface area contributed by atoms with Crippen LogP contribution in [-0.2, 0) is 0 Å². The Labute approximate surface area is 91.4 Å². The van der Waals surface area contributed by atoms with Crippen LogP contribution < -0.4 is 0 Å². The van der Waals surface area contributed by atoms with Gasteiger partial charge in [0.2, 0.25) is 12.4 Å². The van der Waals surface area contributed by atoms with Gasteiger partial charge in [-0.3, -0.25) is 0 Å². The average Bonchev–Trinajstić information content (AvgIpc) is 2.36. The Morgan fingerprint density at radius 3 is 2.00 bits per heavy atom. The van der Waals surface area contributed by atoms with Gasteiger partial charge < -0.3 is 0 Å². The summed E-state index contributed by atoms with van der Waals surface area (Å²) < 4.78 is 0. The number of hydrogen-bond acceptors (Lipinski definition) is 7. The maximum Gasteiger partial charge on any atom is 0.262 e. The van der Waals surface area contributed by atoms with E-state index in [1.54, 1.807) is 30.6 Å². The third kappa shape index (κ3) is 1.17. The number of hydrazine groups is 1. The zero-order chi connectivity index (χ0) is 12.2. The minimum atomic E-state index is -1.99. The molecule has 0 aromatic heterocycles. The summed E-state index contributed by atoms with van der Waals surface area (Å²) >= 11 is 0. The molecule has 1 atom stereocenters. The van der Waals surface area contributed by atoms with Crippen molar-refractivity contribution < 1.29 is 0 Å².